The van der Waals surface area contributed by atoms with Crippen molar-refractivity contribution in [1.29, 1.82) is 0 Å². The van der Waals surface area contributed by atoms with Crippen LogP contribution in [0.1, 0.15) is 45.8 Å². The van der Waals surface area contributed by atoms with Gasteiger partial charge in [-0.15, -0.1) is 0 Å². The van der Waals surface area contributed by atoms with Gasteiger partial charge in [-0.3, -0.25) is 9.36 Å². The monoisotopic (exact) mass is 476 g/mol. The van der Waals surface area contributed by atoms with E-state index in [1.54, 1.807) is 50.2 Å². The molecule has 4 aromatic carbocycles. The zero-order chi connectivity index (χ0) is 24.3. The van der Waals surface area contributed by atoms with E-state index < -0.39 is 25.0 Å². The Bertz CT molecular complexity index is 1410. The zero-order valence-electron chi connectivity index (χ0n) is 18.9. The SMILES string of the molecule is CCOP(=O)(OCC)C(C(=O)c1cc2ccccc2cc1C(=O)O)c1cccc2ccccc12. The maximum Gasteiger partial charge on any atom is 0.345 e. The van der Waals surface area contributed by atoms with E-state index in [9.17, 15) is 19.3 Å². The van der Waals surface area contributed by atoms with Gasteiger partial charge in [-0.05, 0) is 53.1 Å². The second kappa shape index (κ2) is 9.90. The highest BCUT2D eigenvalue weighted by Gasteiger charge is 2.44. The lowest BCUT2D eigenvalue weighted by Gasteiger charge is -2.27. The number of carbonyl (C=O) groups excluding carboxylic acids is 1. The minimum atomic E-state index is -4.03. The molecule has 0 fully saturated rings. The molecule has 0 aliphatic rings. The first-order valence-corrected chi connectivity index (χ1v) is 12.7. The summed E-state index contributed by atoms with van der Waals surface area (Å²) in [7, 11) is -4.03. The van der Waals surface area contributed by atoms with Crippen molar-refractivity contribution in [1.82, 2.24) is 0 Å². The molecule has 0 aromatic heterocycles. The van der Waals surface area contributed by atoms with E-state index in [-0.39, 0.29) is 24.3 Å². The zero-order valence-corrected chi connectivity index (χ0v) is 19.8. The van der Waals surface area contributed by atoms with E-state index in [0.717, 1.165) is 10.8 Å². The number of hydrogen-bond acceptors (Lipinski definition) is 5. The molecule has 6 nitrogen and oxygen atoms in total. The van der Waals surface area contributed by atoms with Crippen molar-refractivity contribution >= 4 is 40.9 Å². The molecule has 0 heterocycles. The quantitative estimate of drug-likeness (QED) is 0.209. The molecule has 0 radical (unpaired) electrons. The fourth-order valence-electron chi connectivity index (χ4n) is 4.26. The van der Waals surface area contributed by atoms with Gasteiger partial charge in [0.25, 0.3) is 0 Å². The molecule has 1 unspecified atom stereocenters. The van der Waals surface area contributed by atoms with Crippen molar-refractivity contribution in [3.63, 3.8) is 0 Å². The van der Waals surface area contributed by atoms with Gasteiger partial charge >= 0.3 is 13.6 Å². The maximum atomic E-state index is 14.2. The van der Waals surface area contributed by atoms with Crippen molar-refractivity contribution in [2.75, 3.05) is 13.2 Å². The predicted molar refractivity (Wildman–Crippen MR) is 133 cm³/mol. The largest absolute Gasteiger partial charge is 0.478 e. The number of carboxylic acids is 1. The van der Waals surface area contributed by atoms with Gasteiger partial charge in [-0.2, -0.15) is 0 Å². The molecule has 1 atom stereocenters. The first kappa shape index (κ1) is 23.8. The molecule has 0 amide bonds. The van der Waals surface area contributed by atoms with Crippen molar-refractivity contribution in [2.24, 2.45) is 0 Å². The van der Waals surface area contributed by atoms with Gasteiger partial charge in [0.2, 0.25) is 0 Å². The van der Waals surface area contributed by atoms with Crippen LogP contribution in [0.3, 0.4) is 0 Å². The average molecular weight is 476 g/mol. The summed E-state index contributed by atoms with van der Waals surface area (Å²) in [5, 5.41) is 12.9. The first-order valence-electron chi connectivity index (χ1n) is 11.1. The second-order valence-corrected chi connectivity index (χ2v) is 9.87. The van der Waals surface area contributed by atoms with Gasteiger partial charge < -0.3 is 14.2 Å². The average Bonchev–Trinajstić information content (AvgIpc) is 2.83. The number of hydrogen-bond donors (Lipinski definition) is 1. The number of aromatic carboxylic acids is 1. The molecule has 34 heavy (non-hydrogen) atoms. The van der Waals surface area contributed by atoms with Crippen LogP contribution in [0, 0.1) is 0 Å². The standard InChI is InChI=1S/C27H25O6P/c1-3-32-34(31,33-4-2)26(22-15-9-13-18-10-7-8-14-21(18)22)25(28)23-16-19-11-5-6-12-20(19)17-24(23)27(29)30/h5-17,26H,3-4H2,1-2H3,(H,29,30). The molecule has 0 saturated carbocycles. The Morgan fingerprint density at radius 2 is 1.32 bits per heavy atom. The number of benzene rings is 4. The molecular weight excluding hydrogens is 451 g/mol. The van der Waals surface area contributed by atoms with E-state index in [1.807, 2.05) is 36.4 Å². The Hall–Kier alpha value is -3.31. The third-order valence-electron chi connectivity index (χ3n) is 5.68. The van der Waals surface area contributed by atoms with Crippen LogP contribution >= 0.6 is 7.60 Å². The van der Waals surface area contributed by atoms with Crippen LogP contribution < -0.4 is 0 Å². The lowest BCUT2D eigenvalue weighted by atomic mass is 9.93. The molecule has 0 aliphatic heterocycles. The van der Waals surface area contributed by atoms with Gasteiger partial charge in [0.05, 0.1) is 18.8 Å². The molecule has 4 aromatic rings. The molecular formula is C27H25O6P. The van der Waals surface area contributed by atoms with Crippen LogP contribution in [-0.4, -0.2) is 30.1 Å². The van der Waals surface area contributed by atoms with Crippen LogP contribution in [0.15, 0.2) is 78.9 Å². The van der Waals surface area contributed by atoms with Crippen molar-refractivity contribution in [3.05, 3.63) is 95.6 Å². The van der Waals surface area contributed by atoms with Crippen molar-refractivity contribution in [3.8, 4) is 0 Å². The summed E-state index contributed by atoms with van der Waals surface area (Å²) in [6.07, 6.45) is 0. The highest BCUT2D eigenvalue weighted by molar-refractivity contribution is 7.55. The van der Waals surface area contributed by atoms with E-state index in [4.69, 9.17) is 9.05 Å². The van der Waals surface area contributed by atoms with Crippen LogP contribution in [0.5, 0.6) is 0 Å². The number of rotatable bonds is 9. The number of carbonyl (C=O) groups is 2. The summed E-state index contributed by atoms with van der Waals surface area (Å²) in [6.45, 7) is 3.48. The molecule has 0 saturated heterocycles. The summed E-state index contributed by atoms with van der Waals surface area (Å²) in [5.41, 5.74) is -1.06. The lowest BCUT2D eigenvalue weighted by Crippen LogP contribution is -2.20. The number of carboxylic acid groups (broad SMARTS) is 1. The van der Waals surface area contributed by atoms with E-state index in [0.29, 0.717) is 16.3 Å². The Balaban J connectivity index is 2.01. The van der Waals surface area contributed by atoms with Gasteiger partial charge in [-0.25, -0.2) is 4.79 Å². The minimum absolute atomic E-state index is 0.0382. The van der Waals surface area contributed by atoms with Gasteiger partial charge in [-0.1, -0.05) is 66.7 Å². The van der Waals surface area contributed by atoms with E-state index in [2.05, 4.69) is 0 Å². The van der Waals surface area contributed by atoms with Crippen molar-refractivity contribution in [2.45, 2.75) is 19.5 Å². The molecule has 7 heteroatoms. The van der Waals surface area contributed by atoms with E-state index in [1.165, 1.54) is 6.07 Å². The summed E-state index contributed by atoms with van der Waals surface area (Å²) < 4.78 is 25.4. The van der Waals surface area contributed by atoms with E-state index >= 15 is 0 Å². The highest BCUT2D eigenvalue weighted by atomic mass is 31.2. The lowest BCUT2D eigenvalue weighted by molar-refractivity contribution is 0.0691. The smallest absolute Gasteiger partial charge is 0.345 e. The fourth-order valence-corrected chi connectivity index (χ4v) is 6.34. The molecule has 174 valence electrons. The van der Waals surface area contributed by atoms with Crippen LogP contribution in [-0.2, 0) is 13.6 Å². The summed E-state index contributed by atoms with van der Waals surface area (Å²) in [5.74, 6) is -1.86. The molecule has 1 N–H and O–H groups in total. The summed E-state index contributed by atoms with van der Waals surface area (Å²) in [6, 6.07) is 23.0. The molecule has 4 rings (SSSR count). The number of Topliss-reactive ketones (excluding diaryl/α,β-unsaturated/α-hetero) is 1. The molecule has 0 spiro atoms. The second-order valence-electron chi connectivity index (χ2n) is 7.76. The normalized spacial score (nSPS) is 12.6. The Kier molecular flexibility index (Phi) is 6.94. The maximum absolute atomic E-state index is 14.2. The Morgan fingerprint density at radius 1 is 0.794 bits per heavy atom. The fraction of sp³-hybridized carbons (Fsp3) is 0.185. The predicted octanol–water partition coefficient (Wildman–Crippen LogP) is 6.88. The Morgan fingerprint density at radius 3 is 1.91 bits per heavy atom. The van der Waals surface area contributed by atoms with Crippen LogP contribution in [0.25, 0.3) is 21.5 Å². The number of ketones is 1. The molecule has 0 bridgehead atoms. The third-order valence-corrected chi connectivity index (χ3v) is 8.06. The van der Waals surface area contributed by atoms with Gasteiger partial charge in [0.15, 0.2) is 5.78 Å². The first-order chi connectivity index (χ1) is 16.4. The van der Waals surface area contributed by atoms with Crippen LogP contribution in [0.4, 0.5) is 0 Å². The minimum Gasteiger partial charge on any atom is -0.478 e. The molecule has 0 aliphatic carbocycles. The van der Waals surface area contributed by atoms with Crippen molar-refractivity contribution < 1.29 is 28.3 Å². The van der Waals surface area contributed by atoms with Gasteiger partial charge in [0.1, 0.15) is 5.66 Å². The number of fused-ring (bicyclic) bond motifs is 2. The third kappa shape index (κ3) is 4.40. The Labute approximate surface area is 197 Å². The van der Waals surface area contributed by atoms with Crippen LogP contribution in [0.2, 0.25) is 0 Å². The summed E-state index contributed by atoms with van der Waals surface area (Å²) in [4.78, 5) is 26.3. The summed E-state index contributed by atoms with van der Waals surface area (Å²) >= 11 is 0. The van der Waals surface area contributed by atoms with Gasteiger partial charge in [0, 0.05) is 5.56 Å². The highest BCUT2D eigenvalue weighted by Crippen LogP contribution is 2.63. The topological polar surface area (TPSA) is 89.9 Å².